The van der Waals surface area contributed by atoms with Gasteiger partial charge in [-0.1, -0.05) is 23.4 Å². The third-order valence-electron chi connectivity index (χ3n) is 3.74. The van der Waals surface area contributed by atoms with E-state index in [4.69, 9.17) is 9.26 Å². The van der Waals surface area contributed by atoms with Gasteiger partial charge in [0.05, 0.1) is 25.3 Å². The SMILES string of the molecule is CN(CC1=CCCOC1)C(=O)NCc1noc(-c2ccccc2F)n1. The van der Waals surface area contributed by atoms with Crippen molar-refractivity contribution in [1.29, 1.82) is 0 Å². The second-order valence-corrected chi connectivity index (χ2v) is 5.71. The lowest BCUT2D eigenvalue weighted by atomic mass is 10.2. The Morgan fingerprint density at radius 1 is 1.40 bits per heavy atom. The summed E-state index contributed by atoms with van der Waals surface area (Å²) < 4.78 is 24.1. The van der Waals surface area contributed by atoms with Crippen molar-refractivity contribution in [1.82, 2.24) is 20.4 Å². The summed E-state index contributed by atoms with van der Waals surface area (Å²) in [5.74, 6) is -0.0788. The van der Waals surface area contributed by atoms with E-state index in [2.05, 4.69) is 21.5 Å². The molecule has 0 spiro atoms. The number of nitrogens with zero attached hydrogens (tertiary/aromatic N) is 3. The van der Waals surface area contributed by atoms with Gasteiger partial charge in [0.1, 0.15) is 5.82 Å². The number of hydrogen-bond donors (Lipinski definition) is 1. The Balaban J connectivity index is 1.54. The van der Waals surface area contributed by atoms with Gasteiger partial charge in [0.15, 0.2) is 5.82 Å². The van der Waals surface area contributed by atoms with Gasteiger partial charge in [0.2, 0.25) is 0 Å². The molecule has 0 radical (unpaired) electrons. The molecule has 2 amide bonds. The van der Waals surface area contributed by atoms with E-state index in [1.165, 1.54) is 6.07 Å². The van der Waals surface area contributed by atoms with Crippen molar-refractivity contribution < 1.29 is 18.4 Å². The van der Waals surface area contributed by atoms with Crippen LogP contribution in [0.2, 0.25) is 0 Å². The minimum atomic E-state index is -0.440. The Morgan fingerprint density at radius 3 is 3.00 bits per heavy atom. The summed E-state index contributed by atoms with van der Waals surface area (Å²) in [6.45, 7) is 1.87. The summed E-state index contributed by atoms with van der Waals surface area (Å²) >= 11 is 0. The number of likely N-dealkylation sites (N-methyl/N-ethyl adjacent to an activating group) is 1. The largest absolute Gasteiger partial charge is 0.377 e. The lowest BCUT2D eigenvalue weighted by Crippen LogP contribution is -2.38. The highest BCUT2D eigenvalue weighted by Gasteiger charge is 2.15. The van der Waals surface area contributed by atoms with Crippen LogP contribution in [0.15, 0.2) is 40.4 Å². The second-order valence-electron chi connectivity index (χ2n) is 5.71. The molecule has 0 saturated heterocycles. The zero-order valence-corrected chi connectivity index (χ0v) is 13.9. The summed E-state index contributed by atoms with van der Waals surface area (Å²) in [6, 6.07) is 5.88. The van der Waals surface area contributed by atoms with Crippen molar-refractivity contribution in [3.8, 4) is 11.5 Å². The molecule has 2 aromatic rings. The highest BCUT2D eigenvalue weighted by molar-refractivity contribution is 5.74. The summed E-state index contributed by atoms with van der Waals surface area (Å²) in [6.07, 6.45) is 2.96. The van der Waals surface area contributed by atoms with Crippen molar-refractivity contribution in [3.63, 3.8) is 0 Å². The van der Waals surface area contributed by atoms with E-state index in [-0.39, 0.29) is 29.9 Å². The predicted molar refractivity (Wildman–Crippen MR) is 88.1 cm³/mol. The van der Waals surface area contributed by atoms with Gasteiger partial charge in [0, 0.05) is 13.6 Å². The quantitative estimate of drug-likeness (QED) is 0.841. The maximum Gasteiger partial charge on any atom is 0.317 e. The number of amides is 2. The monoisotopic (exact) mass is 346 g/mol. The Labute approximate surface area is 144 Å². The first kappa shape index (κ1) is 17.1. The van der Waals surface area contributed by atoms with Gasteiger partial charge in [-0.3, -0.25) is 0 Å². The first-order chi connectivity index (χ1) is 12.1. The predicted octanol–water partition coefficient (Wildman–Crippen LogP) is 2.36. The molecular weight excluding hydrogens is 327 g/mol. The molecule has 25 heavy (non-hydrogen) atoms. The van der Waals surface area contributed by atoms with Gasteiger partial charge in [-0.05, 0) is 24.1 Å². The number of ether oxygens (including phenoxy) is 1. The Bertz CT molecular complexity index is 775. The molecule has 0 fully saturated rings. The van der Waals surface area contributed by atoms with Gasteiger partial charge in [-0.15, -0.1) is 0 Å². The van der Waals surface area contributed by atoms with Gasteiger partial charge in [-0.25, -0.2) is 9.18 Å². The fraction of sp³-hybridized carbons (Fsp3) is 0.353. The molecule has 0 saturated carbocycles. The van der Waals surface area contributed by atoms with Crippen LogP contribution < -0.4 is 5.32 Å². The average Bonchev–Trinajstić information content (AvgIpc) is 3.09. The molecule has 0 atom stereocenters. The highest BCUT2D eigenvalue weighted by atomic mass is 19.1. The van der Waals surface area contributed by atoms with Crippen LogP contribution >= 0.6 is 0 Å². The standard InChI is InChI=1S/C17H19FN4O3/c1-22(10-12-5-4-8-24-11-12)17(23)19-9-15-20-16(25-21-15)13-6-2-3-7-14(13)18/h2-3,5-7H,4,8-11H2,1H3,(H,19,23). The third-order valence-corrected chi connectivity index (χ3v) is 3.74. The Hall–Kier alpha value is -2.74. The van der Waals surface area contributed by atoms with Crippen molar-refractivity contribution >= 4 is 6.03 Å². The third kappa shape index (κ3) is 4.42. The zero-order chi connectivity index (χ0) is 17.6. The van der Waals surface area contributed by atoms with E-state index < -0.39 is 5.82 Å². The summed E-state index contributed by atoms with van der Waals surface area (Å²) in [5.41, 5.74) is 1.30. The number of hydrogen-bond acceptors (Lipinski definition) is 5. The van der Waals surface area contributed by atoms with Gasteiger partial charge < -0.3 is 19.5 Å². The Morgan fingerprint density at radius 2 is 2.24 bits per heavy atom. The van der Waals surface area contributed by atoms with Crippen molar-refractivity contribution in [2.24, 2.45) is 0 Å². The molecule has 132 valence electrons. The molecule has 1 aliphatic rings. The second kappa shape index (κ2) is 7.89. The van der Waals surface area contributed by atoms with Crippen LogP contribution in [0.25, 0.3) is 11.5 Å². The topological polar surface area (TPSA) is 80.5 Å². The normalized spacial score (nSPS) is 14.1. The first-order valence-corrected chi connectivity index (χ1v) is 7.95. The van der Waals surface area contributed by atoms with Gasteiger partial charge in [0.25, 0.3) is 5.89 Å². The minimum absolute atomic E-state index is 0.0835. The molecule has 1 aromatic carbocycles. The summed E-state index contributed by atoms with van der Waals surface area (Å²) in [5, 5.41) is 6.47. The molecule has 0 bridgehead atoms. The molecule has 0 aliphatic carbocycles. The number of nitrogens with one attached hydrogen (secondary N) is 1. The van der Waals surface area contributed by atoms with Gasteiger partial charge >= 0.3 is 6.03 Å². The molecule has 3 rings (SSSR count). The fourth-order valence-corrected chi connectivity index (χ4v) is 2.45. The van der Waals surface area contributed by atoms with Crippen LogP contribution in [0, 0.1) is 5.82 Å². The van der Waals surface area contributed by atoms with E-state index in [9.17, 15) is 9.18 Å². The Kier molecular flexibility index (Phi) is 5.39. The maximum absolute atomic E-state index is 13.7. The fourth-order valence-electron chi connectivity index (χ4n) is 2.45. The van der Waals surface area contributed by atoms with Crippen molar-refractivity contribution in [2.45, 2.75) is 13.0 Å². The maximum atomic E-state index is 13.7. The number of urea groups is 1. The van der Waals surface area contributed by atoms with Crippen LogP contribution in [0.1, 0.15) is 12.2 Å². The van der Waals surface area contributed by atoms with E-state index in [0.717, 1.165) is 18.6 Å². The highest BCUT2D eigenvalue weighted by Crippen LogP contribution is 2.20. The van der Waals surface area contributed by atoms with Crippen molar-refractivity contribution in [3.05, 3.63) is 47.6 Å². The first-order valence-electron chi connectivity index (χ1n) is 7.95. The molecule has 8 heteroatoms. The van der Waals surface area contributed by atoms with E-state index in [1.54, 1.807) is 30.1 Å². The van der Waals surface area contributed by atoms with Crippen molar-refractivity contribution in [2.75, 3.05) is 26.8 Å². The summed E-state index contributed by atoms with van der Waals surface area (Å²) in [7, 11) is 1.70. The lowest BCUT2D eigenvalue weighted by Gasteiger charge is -2.21. The van der Waals surface area contributed by atoms with Gasteiger partial charge in [-0.2, -0.15) is 4.98 Å². The molecule has 7 nitrogen and oxygen atoms in total. The summed E-state index contributed by atoms with van der Waals surface area (Å²) in [4.78, 5) is 17.8. The number of carbonyl (C=O) groups excluding carboxylic acids is 1. The van der Waals surface area contributed by atoms with Crippen LogP contribution in [-0.2, 0) is 11.3 Å². The minimum Gasteiger partial charge on any atom is -0.377 e. The molecule has 0 unspecified atom stereocenters. The molecule has 1 aromatic heterocycles. The van der Waals surface area contributed by atoms with E-state index in [1.807, 2.05) is 0 Å². The molecular formula is C17H19FN4O3. The van der Waals surface area contributed by atoms with Crippen LogP contribution in [-0.4, -0.2) is 47.9 Å². The number of aromatic nitrogens is 2. The zero-order valence-electron chi connectivity index (χ0n) is 13.9. The molecule has 2 heterocycles. The van der Waals surface area contributed by atoms with Crippen LogP contribution in [0.3, 0.4) is 0 Å². The lowest BCUT2D eigenvalue weighted by molar-refractivity contribution is 0.144. The number of halogens is 1. The smallest absolute Gasteiger partial charge is 0.317 e. The number of carbonyl (C=O) groups is 1. The molecule has 1 aliphatic heterocycles. The van der Waals surface area contributed by atoms with Crippen LogP contribution in [0.5, 0.6) is 0 Å². The van der Waals surface area contributed by atoms with E-state index in [0.29, 0.717) is 13.2 Å². The average molecular weight is 346 g/mol. The molecule has 1 N–H and O–H groups in total. The number of rotatable bonds is 5. The number of benzene rings is 1. The van der Waals surface area contributed by atoms with E-state index >= 15 is 0 Å². The van der Waals surface area contributed by atoms with Crippen LogP contribution in [0.4, 0.5) is 9.18 Å².